The van der Waals surface area contributed by atoms with Crippen molar-refractivity contribution in [2.75, 3.05) is 26.2 Å². The maximum atomic E-state index is 3.63. The third kappa shape index (κ3) is 4.80. The second-order valence-corrected chi connectivity index (χ2v) is 3.11. The minimum atomic E-state index is 1.14. The van der Waals surface area contributed by atoms with Crippen LogP contribution in [-0.2, 0) is 0 Å². The summed E-state index contributed by atoms with van der Waals surface area (Å²) in [5.41, 5.74) is 1.17. The third-order valence-corrected chi connectivity index (χ3v) is 1.99. The van der Waals surface area contributed by atoms with Crippen molar-refractivity contribution in [2.45, 2.75) is 0 Å². The monoisotopic (exact) mass is 190 g/mol. The van der Waals surface area contributed by atoms with Crippen LogP contribution in [0, 0.1) is 0 Å². The van der Waals surface area contributed by atoms with Crippen LogP contribution in [0.4, 0.5) is 0 Å². The quantitative estimate of drug-likeness (QED) is 0.701. The first-order chi connectivity index (χ1) is 6.93. The predicted molar refractivity (Wildman–Crippen MR) is 62.3 cm³/mol. The summed E-state index contributed by atoms with van der Waals surface area (Å²) in [4.78, 5) is 0. The van der Waals surface area contributed by atoms with Gasteiger partial charge in [-0.05, 0) is 5.56 Å². The molecule has 2 N–H and O–H groups in total. The van der Waals surface area contributed by atoms with Crippen LogP contribution in [0.1, 0.15) is 5.56 Å². The van der Waals surface area contributed by atoms with Crippen LogP contribution in [0.5, 0.6) is 0 Å². The molecule has 1 aromatic rings. The Morgan fingerprint density at radius 3 is 1.71 bits per heavy atom. The first-order valence-corrected chi connectivity index (χ1v) is 5.02. The average molecular weight is 190 g/mol. The smallest absolute Gasteiger partial charge is 0.00772 e. The van der Waals surface area contributed by atoms with Crippen molar-refractivity contribution < 1.29 is 0 Å². The van der Waals surface area contributed by atoms with E-state index in [9.17, 15) is 0 Å². The van der Waals surface area contributed by atoms with E-state index in [0.717, 1.165) is 26.2 Å². The minimum Gasteiger partial charge on any atom is -0.314 e. The van der Waals surface area contributed by atoms with Gasteiger partial charge < -0.3 is 10.6 Å². The van der Waals surface area contributed by atoms with E-state index in [4.69, 9.17) is 0 Å². The van der Waals surface area contributed by atoms with Crippen molar-refractivity contribution in [1.82, 2.24) is 10.6 Å². The van der Waals surface area contributed by atoms with E-state index in [1.165, 1.54) is 5.56 Å². The Balaban J connectivity index is 0.000000146. The topological polar surface area (TPSA) is 24.1 Å². The Bertz CT molecular complexity index is 228. The lowest BCUT2D eigenvalue weighted by Gasteiger charge is -2.11. The zero-order valence-electron chi connectivity index (χ0n) is 8.50. The molecule has 76 valence electrons. The summed E-state index contributed by atoms with van der Waals surface area (Å²) in [6.07, 6.45) is 1.83. The predicted octanol–water partition coefficient (Wildman–Crippen LogP) is 1.51. The largest absolute Gasteiger partial charge is 0.314 e. The van der Waals surface area contributed by atoms with Crippen LogP contribution >= 0.6 is 0 Å². The lowest BCUT2D eigenvalue weighted by molar-refractivity contribution is 0.534. The molecule has 0 saturated carbocycles. The molecule has 1 fully saturated rings. The molecule has 2 nitrogen and oxygen atoms in total. The molecule has 0 spiro atoms. The molecular formula is C12H18N2. The van der Waals surface area contributed by atoms with Gasteiger partial charge in [0.2, 0.25) is 0 Å². The minimum absolute atomic E-state index is 1.14. The molecule has 1 saturated heterocycles. The van der Waals surface area contributed by atoms with Crippen LogP contribution in [0.15, 0.2) is 36.9 Å². The molecule has 0 amide bonds. The fourth-order valence-corrected chi connectivity index (χ4v) is 1.19. The Morgan fingerprint density at radius 1 is 0.929 bits per heavy atom. The molecule has 14 heavy (non-hydrogen) atoms. The third-order valence-electron chi connectivity index (χ3n) is 1.99. The van der Waals surface area contributed by atoms with Crippen molar-refractivity contribution in [3.63, 3.8) is 0 Å². The lowest BCUT2D eigenvalue weighted by Crippen LogP contribution is -2.39. The van der Waals surface area contributed by atoms with Crippen LogP contribution in [-0.4, -0.2) is 26.2 Å². The van der Waals surface area contributed by atoms with E-state index in [1.807, 2.05) is 36.4 Å². The molecule has 0 bridgehead atoms. The van der Waals surface area contributed by atoms with Gasteiger partial charge in [0.25, 0.3) is 0 Å². The van der Waals surface area contributed by atoms with Crippen molar-refractivity contribution in [3.05, 3.63) is 42.5 Å². The number of piperazine rings is 1. The van der Waals surface area contributed by atoms with E-state index >= 15 is 0 Å². The Kier molecular flexibility index (Phi) is 5.71. The molecule has 1 aliphatic rings. The van der Waals surface area contributed by atoms with Crippen molar-refractivity contribution >= 4 is 6.08 Å². The summed E-state index contributed by atoms with van der Waals surface area (Å²) in [7, 11) is 0. The summed E-state index contributed by atoms with van der Waals surface area (Å²) < 4.78 is 0. The summed E-state index contributed by atoms with van der Waals surface area (Å²) in [5.74, 6) is 0. The molecule has 0 unspecified atom stereocenters. The van der Waals surface area contributed by atoms with Gasteiger partial charge in [0.05, 0.1) is 0 Å². The van der Waals surface area contributed by atoms with Gasteiger partial charge in [-0.15, -0.1) is 0 Å². The summed E-state index contributed by atoms with van der Waals surface area (Å²) in [5, 5.41) is 6.44. The van der Waals surface area contributed by atoms with Gasteiger partial charge in [-0.25, -0.2) is 0 Å². The fourth-order valence-electron chi connectivity index (χ4n) is 1.19. The normalized spacial score (nSPS) is 15.1. The van der Waals surface area contributed by atoms with Gasteiger partial charge in [-0.2, -0.15) is 0 Å². The van der Waals surface area contributed by atoms with Crippen LogP contribution in [0.3, 0.4) is 0 Å². The summed E-state index contributed by atoms with van der Waals surface area (Å²) in [6.45, 7) is 8.19. The van der Waals surface area contributed by atoms with Gasteiger partial charge in [-0.3, -0.25) is 0 Å². The van der Waals surface area contributed by atoms with Gasteiger partial charge >= 0.3 is 0 Å². The molecule has 1 aromatic carbocycles. The number of nitrogens with one attached hydrogen (secondary N) is 2. The second-order valence-electron chi connectivity index (χ2n) is 3.11. The molecule has 0 atom stereocenters. The maximum Gasteiger partial charge on any atom is 0.00772 e. The highest BCUT2D eigenvalue weighted by Gasteiger charge is 1.91. The van der Waals surface area contributed by atoms with E-state index < -0.39 is 0 Å². The van der Waals surface area contributed by atoms with E-state index in [0.29, 0.717) is 0 Å². The highest BCUT2D eigenvalue weighted by molar-refractivity contribution is 5.45. The van der Waals surface area contributed by atoms with Gasteiger partial charge in [-0.1, -0.05) is 43.0 Å². The Labute approximate surface area is 86.0 Å². The lowest BCUT2D eigenvalue weighted by atomic mass is 10.2. The van der Waals surface area contributed by atoms with Crippen molar-refractivity contribution in [3.8, 4) is 0 Å². The van der Waals surface area contributed by atoms with Crippen molar-refractivity contribution in [2.24, 2.45) is 0 Å². The van der Waals surface area contributed by atoms with Crippen LogP contribution < -0.4 is 10.6 Å². The Morgan fingerprint density at radius 2 is 1.43 bits per heavy atom. The van der Waals surface area contributed by atoms with Crippen molar-refractivity contribution in [1.29, 1.82) is 0 Å². The van der Waals surface area contributed by atoms with Crippen LogP contribution in [0.2, 0.25) is 0 Å². The summed E-state index contributed by atoms with van der Waals surface area (Å²) >= 11 is 0. The van der Waals surface area contributed by atoms with Gasteiger partial charge in [0.15, 0.2) is 0 Å². The second kappa shape index (κ2) is 7.30. The molecular weight excluding hydrogens is 172 g/mol. The number of benzene rings is 1. The highest BCUT2D eigenvalue weighted by Crippen LogP contribution is 1.97. The fraction of sp³-hybridized carbons (Fsp3) is 0.333. The average Bonchev–Trinajstić information content (AvgIpc) is 2.33. The summed E-state index contributed by atoms with van der Waals surface area (Å²) in [6, 6.07) is 10.0. The highest BCUT2D eigenvalue weighted by atomic mass is 15.0. The molecule has 2 rings (SSSR count). The molecule has 0 aliphatic carbocycles. The Hall–Kier alpha value is -1.12. The number of hydrogen-bond donors (Lipinski definition) is 2. The molecule has 1 heterocycles. The van der Waals surface area contributed by atoms with E-state index in [1.54, 1.807) is 0 Å². The first kappa shape index (κ1) is 11.0. The molecule has 1 aliphatic heterocycles. The zero-order valence-corrected chi connectivity index (χ0v) is 8.50. The first-order valence-electron chi connectivity index (χ1n) is 5.02. The number of rotatable bonds is 1. The zero-order chi connectivity index (χ0) is 10.1. The van der Waals surface area contributed by atoms with Crippen LogP contribution in [0.25, 0.3) is 6.08 Å². The SMILES string of the molecule is C1CNCCN1.C=Cc1ccccc1. The molecule has 2 heteroatoms. The van der Waals surface area contributed by atoms with E-state index in [2.05, 4.69) is 17.2 Å². The molecule has 0 aromatic heterocycles. The van der Waals surface area contributed by atoms with E-state index in [-0.39, 0.29) is 0 Å². The van der Waals surface area contributed by atoms with Gasteiger partial charge in [0, 0.05) is 26.2 Å². The maximum absolute atomic E-state index is 3.63. The number of hydrogen-bond acceptors (Lipinski definition) is 2. The standard InChI is InChI=1S/C8H8.C4H10N2/c1-2-8-6-4-3-5-7-8;1-2-6-4-3-5-1/h2-7H,1H2;5-6H,1-4H2. The molecule has 0 radical (unpaired) electrons. The van der Waals surface area contributed by atoms with Gasteiger partial charge in [0.1, 0.15) is 0 Å².